The number of hydrogen-bond donors (Lipinski definition) is 2. The molecule has 0 heterocycles. The molecule has 0 atom stereocenters. The highest BCUT2D eigenvalue weighted by Gasteiger charge is 2.37. The van der Waals surface area contributed by atoms with E-state index in [-0.39, 0.29) is 11.3 Å². The number of amides is 2. The Kier molecular flexibility index (Phi) is 5.94. The van der Waals surface area contributed by atoms with Crippen molar-refractivity contribution in [3.63, 3.8) is 0 Å². The summed E-state index contributed by atoms with van der Waals surface area (Å²) in [6, 6.07) is 14.7. The minimum atomic E-state index is -1.27. The molecular formula is C22H28N2O3. The average Bonchev–Trinajstić information content (AvgIpc) is 2.61. The molecule has 0 saturated heterocycles. The Bertz CT molecular complexity index is 835. The van der Waals surface area contributed by atoms with E-state index < -0.39 is 11.3 Å². The van der Waals surface area contributed by atoms with Crippen molar-refractivity contribution in [2.45, 2.75) is 40.0 Å². The number of hydrogen-bond acceptors (Lipinski definition) is 3. The molecule has 2 aromatic rings. The zero-order valence-electron chi connectivity index (χ0n) is 16.8. The van der Waals surface area contributed by atoms with Crippen molar-refractivity contribution in [3.8, 4) is 5.75 Å². The van der Waals surface area contributed by atoms with Crippen molar-refractivity contribution in [2.75, 3.05) is 17.7 Å². The van der Waals surface area contributed by atoms with Gasteiger partial charge in [-0.15, -0.1) is 0 Å². The zero-order valence-corrected chi connectivity index (χ0v) is 16.8. The average molecular weight is 368 g/mol. The first-order chi connectivity index (χ1) is 12.6. The Morgan fingerprint density at radius 3 is 1.81 bits per heavy atom. The van der Waals surface area contributed by atoms with E-state index in [9.17, 15) is 9.59 Å². The number of ether oxygens (including phenoxy) is 1. The van der Waals surface area contributed by atoms with Gasteiger partial charge in [-0.1, -0.05) is 51.1 Å². The topological polar surface area (TPSA) is 67.4 Å². The number of methoxy groups -OCH3 is 1. The number of anilines is 2. The van der Waals surface area contributed by atoms with E-state index in [0.29, 0.717) is 17.1 Å². The molecule has 0 spiro atoms. The van der Waals surface area contributed by atoms with Crippen LogP contribution in [0.3, 0.4) is 0 Å². The van der Waals surface area contributed by atoms with Gasteiger partial charge in [-0.25, -0.2) is 0 Å². The van der Waals surface area contributed by atoms with Gasteiger partial charge in [0.15, 0.2) is 0 Å². The van der Waals surface area contributed by atoms with Crippen molar-refractivity contribution < 1.29 is 14.3 Å². The molecule has 0 bridgehead atoms. The van der Waals surface area contributed by atoms with Gasteiger partial charge in [0.2, 0.25) is 11.8 Å². The van der Waals surface area contributed by atoms with Gasteiger partial charge in [0.1, 0.15) is 11.2 Å². The van der Waals surface area contributed by atoms with Crippen molar-refractivity contribution in [1.29, 1.82) is 0 Å². The third-order valence-electron chi connectivity index (χ3n) is 4.47. The summed E-state index contributed by atoms with van der Waals surface area (Å²) in [7, 11) is 1.53. The van der Waals surface area contributed by atoms with E-state index in [2.05, 4.69) is 31.4 Å². The summed E-state index contributed by atoms with van der Waals surface area (Å²) in [4.78, 5) is 25.7. The highest BCUT2D eigenvalue weighted by atomic mass is 16.5. The van der Waals surface area contributed by atoms with Gasteiger partial charge in [-0.05, 0) is 43.0 Å². The molecule has 144 valence electrons. The number of para-hydroxylation sites is 3. The maximum absolute atomic E-state index is 12.9. The molecule has 5 nitrogen and oxygen atoms in total. The summed E-state index contributed by atoms with van der Waals surface area (Å²) in [6.07, 6.45) is 0. The molecule has 0 aliphatic heterocycles. The molecule has 27 heavy (non-hydrogen) atoms. The van der Waals surface area contributed by atoms with Gasteiger partial charge >= 0.3 is 0 Å². The van der Waals surface area contributed by atoms with Crippen LogP contribution in [0, 0.1) is 5.41 Å². The third-order valence-corrected chi connectivity index (χ3v) is 4.47. The Morgan fingerprint density at radius 2 is 1.26 bits per heavy atom. The van der Waals surface area contributed by atoms with E-state index in [1.807, 2.05) is 30.3 Å². The molecule has 0 aliphatic rings. The Hall–Kier alpha value is -2.82. The van der Waals surface area contributed by atoms with E-state index in [4.69, 9.17) is 4.74 Å². The standard InChI is InChI=1S/C22H28N2O3/c1-21(2,3)15-11-7-8-12-16(15)23-19(25)22(4,5)20(26)24-17-13-9-10-14-18(17)27-6/h7-14H,1-6H3,(H,23,25)(H,24,26). The van der Waals surface area contributed by atoms with Crippen LogP contribution >= 0.6 is 0 Å². The summed E-state index contributed by atoms with van der Waals surface area (Å²) < 4.78 is 5.25. The van der Waals surface area contributed by atoms with Gasteiger partial charge in [0.05, 0.1) is 12.8 Å². The highest BCUT2D eigenvalue weighted by molar-refractivity contribution is 6.14. The lowest BCUT2D eigenvalue weighted by molar-refractivity contribution is -0.135. The van der Waals surface area contributed by atoms with Crippen LogP contribution in [0.15, 0.2) is 48.5 Å². The summed E-state index contributed by atoms with van der Waals surface area (Å²) >= 11 is 0. The van der Waals surface area contributed by atoms with Crippen LogP contribution in [0.4, 0.5) is 11.4 Å². The first-order valence-electron chi connectivity index (χ1n) is 8.93. The molecule has 0 saturated carbocycles. The summed E-state index contributed by atoms with van der Waals surface area (Å²) in [5, 5.41) is 5.71. The molecule has 0 aliphatic carbocycles. The molecule has 0 fully saturated rings. The molecule has 2 aromatic carbocycles. The molecular weight excluding hydrogens is 340 g/mol. The van der Waals surface area contributed by atoms with E-state index in [1.165, 1.54) is 7.11 Å². The molecule has 5 heteroatoms. The fraction of sp³-hybridized carbons (Fsp3) is 0.364. The minimum absolute atomic E-state index is 0.131. The molecule has 2 amide bonds. The Morgan fingerprint density at radius 1 is 0.778 bits per heavy atom. The molecule has 2 N–H and O–H groups in total. The second-order valence-electron chi connectivity index (χ2n) is 8.03. The van der Waals surface area contributed by atoms with Gasteiger partial charge in [0.25, 0.3) is 0 Å². The van der Waals surface area contributed by atoms with Crippen molar-refractivity contribution in [1.82, 2.24) is 0 Å². The number of benzene rings is 2. The maximum Gasteiger partial charge on any atom is 0.239 e. The molecule has 0 radical (unpaired) electrons. The fourth-order valence-electron chi connectivity index (χ4n) is 2.65. The van der Waals surface area contributed by atoms with Crippen molar-refractivity contribution >= 4 is 23.2 Å². The number of rotatable bonds is 5. The summed E-state index contributed by atoms with van der Waals surface area (Å²) in [5.74, 6) is -0.232. The van der Waals surface area contributed by atoms with Gasteiger partial charge in [0, 0.05) is 5.69 Å². The predicted molar refractivity (Wildman–Crippen MR) is 109 cm³/mol. The second-order valence-corrected chi connectivity index (χ2v) is 8.03. The molecule has 0 aromatic heterocycles. The van der Waals surface area contributed by atoms with E-state index in [0.717, 1.165) is 5.56 Å². The van der Waals surface area contributed by atoms with Crippen molar-refractivity contribution in [3.05, 3.63) is 54.1 Å². The highest BCUT2D eigenvalue weighted by Crippen LogP contribution is 2.31. The maximum atomic E-state index is 12.9. The van der Waals surface area contributed by atoms with Crippen molar-refractivity contribution in [2.24, 2.45) is 5.41 Å². The van der Waals surface area contributed by atoms with E-state index in [1.54, 1.807) is 32.0 Å². The molecule has 0 unspecified atom stereocenters. The smallest absolute Gasteiger partial charge is 0.239 e. The normalized spacial score (nSPS) is 11.6. The van der Waals surface area contributed by atoms with Crippen LogP contribution in [-0.2, 0) is 15.0 Å². The van der Waals surface area contributed by atoms with Crippen LogP contribution in [0.25, 0.3) is 0 Å². The second kappa shape index (κ2) is 7.82. The third kappa shape index (κ3) is 4.67. The van der Waals surface area contributed by atoms with Crippen LogP contribution in [-0.4, -0.2) is 18.9 Å². The lowest BCUT2D eigenvalue weighted by Crippen LogP contribution is -2.42. The SMILES string of the molecule is COc1ccccc1NC(=O)C(C)(C)C(=O)Nc1ccccc1C(C)(C)C. The van der Waals surface area contributed by atoms with Crippen LogP contribution in [0.2, 0.25) is 0 Å². The van der Waals surface area contributed by atoms with Crippen LogP contribution in [0.5, 0.6) is 5.75 Å². The zero-order chi connectivity index (χ0) is 20.2. The number of carbonyl (C=O) groups is 2. The van der Waals surface area contributed by atoms with Gasteiger partial charge in [-0.3, -0.25) is 9.59 Å². The number of carbonyl (C=O) groups excluding carboxylic acids is 2. The van der Waals surface area contributed by atoms with E-state index >= 15 is 0 Å². The van der Waals surface area contributed by atoms with Gasteiger partial charge in [-0.2, -0.15) is 0 Å². The first-order valence-corrected chi connectivity index (χ1v) is 8.93. The monoisotopic (exact) mass is 368 g/mol. The summed E-state index contributed by atoms with van der Waals surface area (Å²) in [6.45, 7) is 9.45. The number of nitrogens with one attached hydrogen (secondary N) is 2. The predicted octanol–water partition coefficient (Wildman–Crippen LogP) is 4.60. The van der Waals surface area contributed by atoms with Gasteiger partial charge < -0.3 is 15.4 Å². The van der Waals surface area contributed by atoms with Crippen LogP contribution < -0.4 is 15.4 Å². The fourth-order valence-corrected chi connectivity index (χ4v) is 2.65. The lowest BCUT2D eigenvalue weighted by atomic mass is 9.85. The van der Waals surface area contributed by atoms with Crippen LogP contribution in [0.1, 0.15) is 40.2 Å². The quantitative estimate of drug-likeness (QED) is 0.758. The Balaban J connectivity index is 2.21. The summed E-state index contributed by atoms with van der Waals surface area (Å²) in [5.41, 5.74) is 0.855. The largest absolute Gasteiger partial charge is 0.495 e. The lowest BCUT2D eigenvalue weighted by Gasteiger charge is -2.27. The molecule has 2 rings (SSSR count). The Labute approximate surface area is 161 Å². The minimum Gasteiger partial charge on any atom is -0.495 e. The first kappa shape index (κ1) is 20.5.